The number of halogens is 1. The molecule has 0 saturated carbocycles. The maximum absolute atomic E-state index is 11.7. The van der Waals surface area contributed by atoms with E-state index in [-0.39, 0.29) is 4.75 Å². The summed E-state index contributed by atoms with van der Waals surface area (Å²) in [6, 6.07) is 5.60. The van der Waals surface area contributed by atoms with Crippen LogP contribution >= 0.6 is 11.6 Å². The zero-order chi connectivity index (χ0) is 12.3. The molecule has 0 N–H and O–H groups in total. The maximum atomic E-state index is 11.7. The summed E-state index contributed by atoms with van der Waals surface area (Å²) in [7, 11) is -1.21. The third-order valence-corrected chi connectivity index (χ3v) is 3.77. The van der Waals surface area contributed by atoms with Gasteiger partial charge in [-0.2, -0.15) is 4.40 Å². The molecule has 1 rings (SSSR count). The highest BCUT2D eigenvalue weighted by molar-refractivity contribution is 7.85. The van der Waals surface area contributed by atoms with Gasteiger partial charge in [-0.1, -0.05) is 17.7 Å². The highest BCUT2D eigenvalue weighted by atomic mass is 35.5. The molecule has 1 unspecified atom stereocenters. The molecule has 88 valence electrons. The molecule has 0 aromatic heterocycles. The van der Waals surface area contributed by atoms with Crippen LogP contribution in [0.2, 0.25) is 5.02 Å². The lowest BCUT2D eigenvalue weighted by Gasteiger charge is -2.12. The SMILES string of the molecule is Cc1cc(C=NS(=O)C(C)(C)C)ccc1Cl. The molecule has 0 aliphatic heterocycles. The second-order valence-electron chi connectivity index (χ2n) is 4.60. The van der Waals surface area contributed by atoms with Crippen molar-refractivity contribution >= 4 is 28.8 Å². The van der Waals surface area contributed by atoms with Crippen molar-refractivity contribution in [1.29, 1.82) is 0 Å². The van der Waals surface area contributed by atoms with Crippen molar-refractivity contribution in [1.82, 2.24) is 0 Å². The lowest BCUT2D eigenvalue weighted by Crippen LogP contribution is -2.19. The Morgan fingerprint density at radius 3 is 2.50 bits per heavy atom. The van der Waals surface area contributed by atoms with Crippen LogP contribution < -0.4 is 0 Å². The van der Waals surface area contributed by atoms with Crippen LogP contribution in [0, 0.1) is 6.92 Å². The highest BCUT2D eigenvalue weighted by Gasteiger charge is 2.17. The number of benzene rings is 1. The lowest BCUT2D eigenvalue weighted by atomic mass is 10.1. The van der Waals surface area contributed by atoms with Crippen LogP contribution in [0.3, 0.4) is 0 Å². The fourth-order valence-corrected chi connectivity index (χ4v) is 1.67. The molecule has 4 heteroatoms. The first-order chi connectivity index (χ1) is 7.30. The molecule has 2 nitrogen and oxygen atoms in total. The van der Waals surface area contributed by atoms with Crippen molar-refractivity contribution in [2.45, 2.75) is 32.4 Å². The van der Waals surface area contributed by atoms with Gasteiger partial charge in [-0.05, 0) is 51.0 Å². The predicted molar refractivity (Wildman–Crippen MR) is 71.7 cm³/mol. The average molecular weight is 258 g/mol. The monoisotopic (exact) mass is 257 g/mol. The number of aryl methyl sites for hydroxylation is 1. The van der Waals surface area contributed by atoms with Crippen LogP contribution in [-0.4, -0.2) is 15.2 Å². The third kappa shape index (κ3) is 3.72. The van der Waals surface area contributed by atoms with Crippen LogP contribution in [-0.2, 0) is 11.0 Å². The standard InChI is InChI=1S/C12H16ClNOS/c1-9-7-10(5-6-11(9)13)8-14-16(15)12(2,3)4/h5-8H,1-4H3. The Bertz CT molecular complexity index is 435. The van der Waals surface area contributed by atoms with Crippen LogP contribution in [0.4, 0.5) is 0 Å². The Morgan fingerprint density at radius 2 is 2.00 bits per heavy atom. The molecule has 0 fully saturated rings. The molecule has 0 radical (unpaired) electrons. The molecule has 1 aromatic carbocycles. The molecule has 1 atom stereocenters. The Labute approximate surface area is 104 Å². The topological polar surface area (TPSA) is 29.4 Å². The van der Waals surface area contributed by atoms with E-state index in [9.17, 15) is 4.21 Å². The number of nitrogens with zero attached hydrogens (tertiary/aromatic N) is 1. The Hall–Kier alpha value is -0.670. The number of hydrogen-bond donors (Lipinski definition) is 0. The van der Waals surface area contributed by atoms with Gasteiger partial charge in [-0.15, -0.1) is 0 Å². The summed E-state index contributed by atoms with van der Waals surface area (Å²) in [5, 5.41) is 0.731. The highest BCUT2D eigenvalue weighted by Crippen LogP contribution is 2.16. The van der Waals surface area contributed by atoms with E-state index >= 15 is 0 Å². The molecule has 0 saturated heterocycles. The van der Waals surface area contributed by atoms with Gasteiger partial charge >= 0.3 is 0 Å². The van der Waals surface area contributed by atoms with Gasteiger partial charge in [-0.25, -0.2) is 4.21 Å². The zero-order valence-corrected chi connectivity index (χ0v) is 11.5. The van der Waals surface area contributed by atoms with Crippen molar-refractivity contribution < 1.29 is 4.21 Å². The minimum absolute atomic E-state index is 0.321. The maximum Gasteiger partial charge on any atom is 0.144 e. The van der Waals surface area contributed by atoms with Crippen LogP contribution in [0.15, 0.2) is 22.6 Å². The molecule has 1 aromatic rings. The Balaban J connectivity index is 2.85. The second-order valence-corrected chi connectivity index (χ2v) is 6.95. The van der Waals surface area contributed by atoms with Crippen LogP contribution in [0.5, 0.6) is 0 Å². The quantitative estimate of drug-likeness (QED) is 0.746. The summed E-state index contributed by atoms with van der Waals surface area (Å²) in [5.74, 6) is 0. The second kappa shape index (κ2) is 5.11. The van der Waals surface area contributed by atoms with Crippen molar-refractivity contribution in [2.24, 2.45) is 4.40 Å². The summed E-state index contributed by atoms with van der Waals surface area (Å²) in [5.41, 5.74) is 1.91. The smallest absolute Gasteiger partial charge is 0.144 e. The summed E-state index contributed by atoms with van der Waals surface area (Å²) in [6.45, 7) is 7.62. The van der Waals surface area contributed by atoms with E-state index in [4.69, 9.17) is 11.6 Å². The minimum atomic E-state index is -1.21. The first-order valence-corrected chi connectivity index (χ1v) is 6.51. The van der Waals surface area contributed by atoms with Crippen molar-refractivity contribution in [3.63, 3.8) is 0 Å². The molecular formula is C12H16ClNOS. The minimum Gasteiger partial charge on any atom is -0.234 e. The van der Waals surface area contributed by atoms with E-state index in [1.165, 1.54) is 0 Å². The van der Waals surface area contributed by atoms with E-state index in [0.29, 0.717) is 0 Å². The Morgan fingerprint density at radius 1 is 1.38 bits per heavy atom. The fraction of sp³-hybridized carbons (Fsp3) is 0.417. The molecule has 0 amide bonds. The van der Waals surface area contributed by atoms with Gasteiger partial charge in [0.1, 0.15) is 11.0 Å². The van der Waals surface area contributed by atoms with E-state index < -0.39 is 11.0 Å². The number of hydrogen-bond acceptors (Lipinski definition) is 1. The van der Waals surface area contributed by atoms with Gasteiger partial charge in [0.25, 0.3) is 0 Å². The van der Waals surface area contributed by atoms with Crippen molar-refractivity contribution in [3.8, 4) is 0 Å². The van der Waals surface area contributed by atoms with E-state index in [2.05, 4.69) is 4.40 Å². The summed E-state index contributed by atoms with van der Waals surface area (Å²) in [6.07, 6.45) is 1.63. The Kier molecular flexibility index (Phi) is 4.28. The van der Waals surface area contributed by atoms with Gasteiger partial charge < -0.3 is 0 Å². The normalized spacial score (nSPS) is 14.3. The van der Waals surface area contributed by atoms with Gasteiger partial charge in [0.2, 0.25) is 0 Å². The van der Waals surface area contributed by atoms with Crippen molar-refractivity contribution in [3.05, 3.63) is 34.3 Å². The molecule has 0 aliphatic rings. The van der Waals surface area contributed by atoms with E-state index in [0.717, 1.165) is 16.1 Å². The molecule has 16 heavy (non-hydrogen) atoms. The lowest BCUT2D eigenvalue weighted by molar-refractivity contribution is 0.651. The van der Waals surface area contributed by atoms with Gasteiger partial charge in [0, 0.05) is 11.2 Å². The zero-order valence-electron chi connectivity index (χ0n) is 9.95. The van der Waals surface area contributed by atoms with Crippen LogP contribution in [0.1, 0.15) is 31.9 Å². The first-order valence-electron chi connectivity index (χ1n) is 5.03. The first kappa shape index (κ1) is 13.4. The molecule has 0 spiro atoms. The molecule has 0 aliphatic carbocycles. The van der Waals surface area contributed by atoms with Gasteiger partial charge in [0.05, 0.1) is 4.75 Å². The molecule has 0 bridgehead atoms. The van der Waals surface area contributed by atoms with Gasteiger partial charge in [0.15, 0.2) is 0 Å². The third-order valence-electron chi connectivity index (χ3n) is 2.00. The largest absolute Gasteiger partial charge is 0.234 e. The summed E-state index contributed by atoms with van der Waals surface area (Å²) in [4.78, 5) is 0. The van der Waals surface area contributed by atoms with Gasteiger partial charge in [-0.3, -0.25) is 0 Å². The van der Waals surface area contributed by atoms with Crippen LogP contribution in [0.25, 0.3) is 0 Å². The van der Waals surface area contributed by atoms with E-state index in [1.54, 1.807) is 6.21 Å². The summed E-state index contributed by atoms with van der Waals surface area (Å²) >= 11 is 5.91. The summed E-state index contributed by atoms with van der Waals surface area (Å²) < 4.78 is 15.4. The predicted octanol–water partition coefficient (Wildman–Crippen LogP) is 3.53. The molecular weight excluding hydrogens is 242 g/mol. The average Bonchev–Trinajstić information content (AvgIpc) is 2.18. The van der Waals surface area contributed by atoms with Crippen molar-refractivity contribution in [2.75, 3.05) is 0 Å². The fourth-order valence-electron chi connectivity index (χ4n) is 1.02. The molecule has 0 heterocycles. The van der Waals surface area contributed by atoms with E-state index in [1.807, 2.05) is 45.9 Å². The number of rotatable bonds is 2.